The second kappa shape index (κ2) is 9.94. The van der Waals surface area contributed by atoms with Crippen molar-refractivity contribution in [1.82, 2.24) is 29.7 Å². The number of carbonyl (C=O) groups excluding carboxylic acids is 1. The van der Waals surface area contributed by atoms with Crippen LogP contribution in [0.25, 0.3) is 11.2 Å². The number of hydrogen-bond donors (Lipinski definition) is 3. The minimum atomic E-state index is -0.575. The number of likely N-dealkylation sites (tertiary alicyclic amines) is 1. The molecule has 1 amide bonds. The molecule has 0 spiro atoms. The van der Waals surface area contributed by atoms with E-state index in [-0.39, 0.29) is 24.1 Å². The molecule has 0 bridgehead atoms. The van der Waals surface area contributed by atoms with E-state index in [1.54, 1.807) is 22.8 Å². The zero-order chi connectivity index (χ0) is 24.4. The first-order valence-corrected chi connectivity index (χ1v) is 11.5. The SMILES string of the molecule is COc1ccc2ncc(=O)n(CCN3CC[C@H](NCc4ccc5c(n4)NC(=O)CO5)[C@H](O)C3)c2n1. The third kappa shape index (κ3) is 5.09. The molecule has 0 aromatic carbocycles. The summed E-state index contributed by atoms with van der Waals surface area (Å²) in [6, 6.07) is 7.01. The van der Waals surface area contributed by atoms with Crippen LogP contribution in [0, 0.1) is 0 Å². The van der Waals surface area contributed by atoms with Gasteiger partial charge in [0, 0.05) is 38.3 Å². The van der Waals surface area contributed by atoms with Crippen LogP contribution in [0.4, 0.5) is 5.82 Å². The highest BCUT2D eigenvalue weighted by Gasteiger charge is 2.27. The normalized spacial score (nSPS) is 20.2. The van der Waals surface area contributed by atoms with E-state index in [1.165, 1.54) is 13.3 Å². The standard InChI is InChI=1S/C23H27N7O5/c1-34-20-5-3-16-23(28-20)30(21(33)11-25-16)9-8-29-7-6-15(17(31)12-29)24-10-14-2-4-18-22(26-14)27-19(32)13-35-18/h2-5,11,15,17,24,31H,6-10,12-13H2,1H3,(H,26,27,32)/t15-,17+/m0/s1. The van der Waals surface area contributed by atoms with Gasteiger partial charge in [0.05, 0.1) is 25.1 Å². The molecule has 2 aliphatic heterocycles. The van der Waals surface area contributed by atoms with Crippen LogP contribution in [-0.2, 0) is 17.9 Å². The number of carbonyl (C=O) groups is 1. The van der Waals surface area contributed by atoms with Gasteiger partial charge in [-0.3, -0.25) is 19.1 Å². The van der Waals surface area contributed by atoms with Crippen molar-refractivity contribution >= 4 is 22.9 Å². The van der Waals surface area contributed by atoms with Crippen LogP contribution in [0.1, 0.15) is 12.1 Å². The summed E-state index contributed by atoms with van der Waals surface area (Å²) in [7, 11) is 1.53. The number of fused-ring (bicyclic) bond motifs is 2. The van der Waals surface area contributed by atoms with E-state index in [4.69, 9.17) is 9.47 Å². The monoisotopic (exact) mass is 481 g/mol. The maximum absolute atomic E-state index is 12.5. The van der Waals surface area contributed by atoms with Crippen LogP contribution in [0.3, 0.4) is 0 Å². The Bertz CT molecular complexity index is 1300. The minimum absolute atomic E-state index is 0.00618. The van der Waals surface area contributed by atoms with Crippen molar-refractivity contribution in [2.45, 2.75) is 31.7 Å². The third-order valence-electron chi connectivity index (χ3n) is 6.26. The van der Waals surface area contributed by atoms with Gasteiger partial charge in [-0.2, -0.15) is 4.98 Å². The molecule has 12 heteroatoms. The number of amides is 1. The highest BCUT2D eigenvalue weighted by Crippen LogP contribution is 2.25. The van der Waals surface area contributed by atoms with Gasteiger partial charge in [-0.15, -0.1) is 0 Å². The van der Waals surface area contributed by atoms with Gasteiger partial charge in [0.2, 0.25) is 5.88 Å². The Kier molecular flexibility index (Phi) is 6.57. The lowest BCUT2D eigenvalue weighted by Gasteiger charge is -2.36. The van der Waals surface area contributed by atoms with Crippen molar-refractivity contribution in [1.29, 1.82) is 0 Å². The van der Waals surface area contributed by atoms with Gasteiger partial charge in [0.15, 0.2) is 23.8 Å². The molecule has 0 unspecified atom stereocenters. The van der Waals surface area contributed by atoms with Crippen LogP contribution < -0.4 is 25.7 Å². The Balaban J connectivity index is 1.17. The smallest absolute Gasteiger partial charge is 0.270 e. The molecule has 0 aliphatic carbocycles. The molecular formula is C23H27N7O5. The summed E-state index contributed by atoms with van der Waals surface area (Å²) in [6.07, 6.45) is 1.46. The Morgan fingerprint density at radius 3 is 2.94 bits per heavy atom. The van der Waals surface area contributed by atoms with Gasteiger partial charge in [0.25, 0.3) is 11.5 Å². The molecule has 5 rings (SSSR count). The van der Waals surface area contributed by atoms with Gasteiger partial charge in [0.1, 0.15) is 5.52 Å². The fourth-order valence-electron chi connectivity index (χ4n) is 4.37. The Morgan fingerprint density at radius 2 is 2.11 bits per heavy atom. The zero-order valence-corrected chi connectivity index (χ0v) is 19.3. The average Bonchev–Trinajstić information content (AvgIpc) is 2.87. The molecule has 0 saturated carbocycles. The van der Waals surface area contributed by atoms with Crippen molar-refractivity contribution in [2.75, 3.05) is 38.7 Å². The minimum Gasteiger partial charge on any atom is -0.481 e. The summed E-state index contributed by atoms with van der Waals surface area (Å²) in [5, 5.41) is 16.8. The maximum atomic E-state index is 12.5. The Morgan fingerprint density at radius 1 is 1.23 bits per heavy atom. The molecule has 35 heavy (non-hydrogen) atoms. The fraction of sp³-hybridized carbons (Fsp3) is 0.435. The largest absolute Gasteiger partial charge is 0.481 e. The molecule has 2 aliphatic rings. The van der Waals surface area contributed by atoms with Gasteiger partial charge in [-0.05, 0) is 31.2 Å². The predicted molar refractivity (Wildman–Crippen MR) is 126 cm³/mol. The maximum Gasteiger partial charge on any atom is 0.270 e. The number of aliphatic hydroxyl groups excluding tert-OH is 1. The summed E-state index contributed by atoms with van der Waals surface area (Å²) in [4.78, 5) is 39.1. The second-order valence-electron chi connectivity index (χ2n) is 8.57. The summed E-state index contributed by atoms with van der Waals surface area (Å²) in [5.41, 5.74) is 1.62. The number of ether oxygens (including phenoxy) is 2. The molecule has 2 atom stereocenters. The van der Waals surface area contributed by atoms with Gasteiger partial charge in [-0.25, -0.2) is 9.97 Å². The number of anilines is 1. The number of piperidine rings is 1. The van der Waals surface area contributed by atoms with Crippen molar-refractivity contribution in [3.05, 3.63) is 46.5 Å². The van der Waals surface area contributed by atoms with E-state index in [0.29, 0.717) is 54.8 Å². The molecule has 0 radical (unpaired) electrons. The summed E-state index contributed by atoms with van der Waals surface area (Å²) in [6.45, 7) is 2.71. The van der Waals surface area contributed by atoms with E-state index in [0.717, 1.165) is 18.7 Å². The number of hydrogen-bond acceptors (Lipinski definition) is 10. The number of nitrogens with one attached hydrogen (secondary N) is 2. The van der Waals surface area contributed by atoms with Crippen molar-refractivity contribution in [2.24, 2.45) is 0 Å². The summed E-state index contributed by atoms with van der Waals surface area (Å²) < 4.78 is 12.1. The van der Waals surface area contributed by atoms with Crippen molar-refractivity contribution < 1.29 is 19.4 Å². The molecule has 184 valence electrons. The van der Waals surface area contributed by atoms with Gasteiger partial charge in [-0.1, -0.05) is 0 Å². The molecule has 5 heterocycles. The molecule has 12 nitrogen and oxygen atoms in total. The molecule has 3 N–H and O–H groups in total. The molecular weight excluding hydrogens is 454 g/mol. The second-order valence-corrected chi connectivity index (χ2v) is 8.57. The van der Waals surface area contributed by atoms with E-state index in [9.17, 15) is 14.7 Å². The number of pyridine rings is 2. The van der Waals surface area contributed by atoms with Crippen molar-refractivity contribution in [3.8, 4) is 11.6 Å². The number of β-amino-alcohol motifs (C(OH)–C–C–N with tert-alkyl or cyclic N) is 1. The molecule has 3 aromatic heterocycles. The number of aromatic nitrogens is 4. The first-order chi connectivity index (χ1) is 17.0. The highest BCUT2D eigenvalue weighted by molar-refractivity contribution is 5.94. The first kappa shape index (κ1) is 23.1. The summed E-state index contributed by atoms with van der Waals surface area (Å²) in [5.74, 6) is 1.16. The lowest BCUT2D eigenvalue weighted by atomic mass is 10.0. The Labute approximate surface area is 200 Å². The fourth-order valence-corrected chi connectivity index (χ4v) is 4.37. The lowest BCUT2D eigenvalue weighted by molar-refractivity contribution is -0.118. The van der Waals surface area contributed by atoms with Crippen molar-refractivity contribution in [3.63, 3.8) is 0 Å². The number of aliphatic hydroxyl groups is 1. The summed E-state index contributed by atoms with van der Waals surface area (Å²) >= 11 is 0. The quantitative estimate of drug-likeness (QED) is 0.413. The first-order valence-electron chi connectivity index (χ1n) is 11.5. The Hall–Kier alpha value is -3.61. The third-order valence-corrected chi connectivity index (χ3v) is 6.26. The highest BCUT2D eigenvalue weighted by atomic mass is 16.5. The number of methoxy groups -OCH3 is 1. The van der Waals surface area contributed by atoms with E-state index >= 15 is 0 Å². The van der Waals surface area contributed by atoms with Crippen LogP contribution in [0.15, 0.2) is 35.3 Å². The van der Waals surface area contributed by atoms with Crippen LogP contribution in [0.5, 0.6) is 11.6 Å². The van der Waals surface area contributed by atoms with Crippen LogP contribution in [0.2, 0.25) is 0 Å². The van der Waals surface area contributed by atoms with Crippen LogP contribution in [-0.4, -0.2) is 80.9 Å². The number of nitrogens with zero attached hydrogens (tertiary/aromatic N) is 5. The molecule has 1 saturated heterocycles. The average molecular weight is 482 g/mol. The van der Waals surface area contributed by atoms with E-state index < -0.39 is 6.10 Å². The van der Waals surface area contributed by atoms with Gasteiger partial charge < -0.3 is 25.2 Å². The molecule has 1 fully saturated rings. The van der Waals surface area contributed by atoms with E-state index in [1.807, 2.05) is 6.07 Å². The van der Waals surface area contributed by atoms with E-state index in [2.05, 4.69) is 30.5 Å². The van der Waals surface area contributed by atoms with Gasteiger partial charge >= 0.3 is 0 Å². The topological polar surface area (TPSA) is 144 Å². The molecule has 3 aromatic rings. The van der Waals surface area contributed by atoms with Crippen LogP contribution >= 0.6 is 0 Å². The predicted octanol–water partition coefficient (Wildman–Crippen LogP) is -0.249. The lowest BCUT2D eigenvalue weighted by Crippen LogP contribution is -2.53. The number of rotatable bonds is 7. The zero-order valence-electron chi connectivity index (χ0n) is 19.3.